The molecule has 0 aromatic heterocycles. The second kappa shape index (κ2) is 10.6. The van der Waals surface area contributed by atoms with Gasteiger partial charge in [0.2, 0.25) is 0 Å². The summed E-state index contributed by atoms with van der Waals surface area (Å²) in [6, 6.07) is 0. The Hall–Kier alpha value is -1.26. The molecule has 0 aliphatic carbocycles. The molecule has 0 saturated carbocycles. The molecule has 0 aliphatic heterocycles. The average Bonchev–Trinajstić information content (AvgIpc) is 2.35. The average molecular weight is 284 g/mol. The number of aliphatic carboxylic acids is 2. The van der Waals surface area contributed by atoms with Crippen LogP contribution in [-0.2, 0) is 9.59 Å². The van der Waals surface area contributed by atoms with Crippen molar-refractivity contribution in [1.29, 1.82) is 0 Å². The zero-order chi connectivity index (χ0) is 15.6. The van der Waals surface area contributed by atoms with E-state index < -0.39 is 43.0 Å². The van der Waals surface area contributed by atoms with Gasteiger partial charge < -0.3 is 35.7 Å². The van der Waals surface area contributed by atoms with Crippen LogP contribution in [0.25, 0.3) is 0 Å². The normalized spacial score (nSPS) is 16.5. The van der Waals surface area contributed by atoms with Crippen molar-refractivity contribution in [1.82, 2.24) is 0 Å². The van der Waals surface area contributed by atoms with E-state index in [0.717, 1.165) is 6.42 Å². The maximum Gasteiger partial charge on any atom is 0.335 e. The van der Waals surface area contributed by atoms with E-state index in [1.807, 2.05) is 6.92 Å². The number of rotatable bonds is 7. The number of carbonyl (C=O) groups is 2. The zero-order valence-corrected chi connectivity index (χ0v) is 10.4. The highest BCUT2D eigenvalue weighted by Gasteiger charge is 2.33. The highest BCUT2D eigenvalue weighted by Crippen LogP contribution is 2.04. The second-order valence-corrected chi connectivity index (χ2v) is 3.66. The molecular formula is C10H20O9. The largest absolute Gasteiger partial charge is 0.481 e. The van der Waals surface area contributed by atoms with Crippen molar-refractivity contribution in [2.45, 2.75) is 44.2 Å². The van der Waals surface area contributed by atoms with Crippen LogP contribution in [0.4, 0.5) is 0 Å². The van der Waals surface area contributed by atoms with Crippen molar-refractivity contribution in [3.8, 4) is 0 Å². The first kappa shape index (κ1) is 20.1. The van der Waals surface area contributed by atoms with Gasteiger partial charge in [-0.2, -0.15) is 0 Å². The van der Waals surface area contributed by atoms with Crippen LogP contribution in [0, 0.1) is 0 Å². The molecule has 19 heavy (non-hydrogen) atoms. The number of hydrogen-bond acceptors (Lipinski definition) is 7. The lowest BCUT2D eigenvalue weighted by molar-refractivity contribution is -0.164. The van der Waals surface area contributed by atoms with Crippen LogP contribution in [0.3, 0.4) is 0 Å². The Morgan fingerprint density at radius 3 is 1.68 bits per heavy atom. The molecule has 0 aliphatic rings. The number of aliphatic hydroxyl groups excluding tert-OH is 5. The first-order valence-corrected chi connectivity index (χ1v) is 5.46. The summed E-state index contributed by atoms with van der Waals surface area (Å²) in [5.41, 5.74) is 0. The van der Waals surface area contributed by atoms with Crippen LogP contribution in [0.1, 0.15) is 19.8 Å². The Balaban J connectivity index is 0. The molecule has 0 fully saturated rings. The summed E-state index contributed by atoms with van der Waals surface area (Å²) in [6.45, 7) is 0.999. The van der Waals surface area contributed by atoms with Gasteiger partial charge in [0.15, 0.2) is 6.10 Å². The van der Waals surface area contributed by atoms with Crippen LogP contribution >= 0.6 is 0 Å². The molecule has 0 aromatic carbocycles. The van der Waals surface area contributed by atoms with Crippen molar-refractivity contribution in [2.24, 2.45) is 0 Å². The van der Waals surface area contributed by atoms with E-state index in [0.29, 0.717) is 6.42 Å². The lowest BCUT2D eigenvalue weighted by atomic mass is 10.0. The SMILES string of the molecule is CCCC(=O)O.O=C(O)C(O)C(O)C(O)C(O)CO. The van der Waals surface area contributed by atoms with Crippen LogP contribution < -0.4 is 0 Å². The fourth-order valence-electron chi connectivity index (χ4n) is 0.882. The molecule has 0 rings (SSSR count). The maximum absolute atomic E-state index is 10.1. The molecule has 0 aromatic rings. The van der Waals surface area contributed by atoms with Crippen molar-refractivity contribution in [3.63, 3.8) is 0 Å². The van der Waals surface area contributed by atoms with Gasteiger partial charge in [-0.15, -0.1) is 0 Å². The van der Waals surface area contributed by atoms with E-state index in [1.165, 1.54) is 0 Å². The summed E-state index contributed by atoms with van der Waals surface area (Å²) in [7, 11) is 0. The first-order valence-electron chi connectivity index (χ1n) is 5.46. The van der Waals surface area contributed by atoms with Gasteiger partial charge in [-0.1, -0.05) is 6.92 Å². The molecule has 0 bridgehead atoms. The molecule has 0 saturated heterocycles. The predicted octanol–water partition coefficient (Wildman–Crippen LogP) is -2.62. The minimum Gasteiger partial charge on any atom is -0.481 e. The van der Waals surface area contributed by atoms with Gasteiger partial charge in [-0.05, 0) is 6.42 Å². The van der Waals surface area contributed by atoms with Crippen LogP contribution in [0.2, 0.25) is 0 Å². The fourth-order valence-corrected chi connectivity index (χ4v) is 0.882. The van der Waals surface area contributed by atoms with Gasteiger partial charge >= 0.3 is 11.9 Å². The fraction of sp³-hybridized carbons (Fsp3) is 0.800. The molecule has 0 spiro atoms. The van der Waals surface area contributed by atoms with Crippen molar-refractivity contribution in [3.05, 3.63) is 0 Å². The highest BCUT2D eigenvalue weighted by molar-refractivity contribution is 5.72. The number of hydrogen-bond donors (Lipinski definition) is 7. The molecule has 4 atom stereocenters. The smallest absolute Gasteiger partial charge is 0.335 e. The standard InChI is InChI=1S/C6H12O7.C4H8O2/c7-1-2(8)3(9)4(10)5(11)6(12)13;1-2-3-4(5)6/h2-5,7-11H,1H2,(H,12,13);2-3H2,1H3,(H,5,6). The van der Waals surface area contributed by atoms with Crippen molar-refractivity contribution >= 4 is 11.9 Å². The Bertz CT molecular complexity index is 268. The first-order chi connectivity index (χ1) is 8.68. The van der Waals surface area contributed by atoms with E-state index in [9.17, 15) is 9.59 Å². The van der Waals surface area contributed by atoms with Crippen LogP contribution in [0.5, 0.6) is 0 Å². The topological polar surface area (TPSA) is 176 Å². The number of carboxylic acid groups (broad SMARTS) is 2. The Morgan fingerprint density at radius 1 is 1.00 bits per heavy atom. The molecular weight excluding hydrogens is 264 g/mol. The molecule has 0 heterocycles. The van der Waals surface area contributed by atoms with E-state index in [1.54, 1.807) is 0 Å². The second-order valence-electron chi connectivity index (χ2n) is 3.66. The van der Waals surface area contributed by atoms with Gasteiger partial charge in [0.25, 0.3) is 0 Å². The maximum atomic E-state index is 10.1. The number of aliphatic hydroxyl groups is 5. The summed E-state index contributed by atoms with van der Waals surface area (Å²) < 4.78 is 0. The summed E-state index contributed by atoms with van der Waals surface area (Å²) in [5, 5.41) is 59.7. The molecule has 9 heteroatoms. The van der Waals surface area contributed by atoms with Gasteiger partial charge in [0, 0.05) is 6.42 Å². The molecule has 0 amide bonds. The minimum atomic E-state index is -2.20. The molecule has 0 radical (unpaired) electrons. The number of carboxylic acids is 2. The van der Waals surface area contributed by atoms with Gasteiger partial charge in [0.1, 0.15) is 18.3 Å². The van der Waals surface area contributed by atoms with Crippen LogP contribution in [0.15, 0.2) is 0 Å². The Morgan fingerprint density at radius 2 is 1.47 bits per heavy atom. The predicted molar refractivity (Wildman–Crippen MR) is 61.3 cm³/mol. The molecule has 4 unspecified atom stereocenters. The third-order valence-corrected chi connectivity index (χ3v) is 1.97. The van der Waals surface area contributed by atoms with E-state index in [4.69, 9.17) is 35.7 Å². The summed E-state index contributed by atoms with van der Waals surface area (Å²) >= 11 is 0. The summed E-state index contributed by atoms with van der Waals surface area (Å²) in [6.07, 6.45) is -6.81. The lowest BCUT2D eigenvalue weighted by Gasteiger charge is -2.23. The zero-order valence-electron chi connectivity index (χ0n) is 10.4. The lowest BCUT2D eigenvalue weighted by Crippen LogP contribution is -2.48. The van der Waals surface area contributed by atoms with Crippen LogP contribution in [-0.4, -0.2) is 78.7 Å². The monoisotopic (exact) mass is 284 g/mol. The third kappa shape index (κ3) is 9.33. The summed E-state index contributed by atoms with van der Waals surface area (Å²) in [5.74, 6) is -2.44. The quantitative estimate of drug-likeness (QED) is 0.264. The highest BCUT2D eigenvalue weighted by atomic mass is 16.4. The van der Waals surface area contributed by atoms with Gasteiger partial charge in [-0.3, -0.25) is 4.79 Å². The van der Waals surface area contributed by atoms with E-state index in [-0.39, 0.29) is 0 Å². The van der Waals surface area contributed by atoms with Gasteiger partial charge in [0.05, 0.1) is 6.61 Å². The van der Waals surface area contributed by atoms with Gasteiger partial charge in [-0.25, -0.2) is 4.79 Å². The summed E-state index contributed by atoms with van der Waals surface area (Å²) in [4.78, 5) is 19.7. The minimum absolute atomic E-state index is 0.292. The Kier molecular flexibility index (Phi) is 11.2. The molecule has 114 valence electrons. The third-order valence-electron chi connectivity index (χ3n) is 1.97. The van der Waals surface area contributed by atoms with Crippen molar-refractivity contribution < 1.29 is 45.3 Å². The molecule has 7 N–H and O–H groups in total. The van der Waals surface area contributed by atoms with E-state index >= 15 is 0 Å². The van der Waals surface area contributed by atoms with E-state index in [2.05, 4.69) is 0 Å². The Labute approximate surface area is 109 Å². The van der Waals surface area contributed by atoms with Crippen molar-refractivity contribution in [2.75, 3.05) is 6.61 Å². The molecule has 9 nitrogen and oxygen atoms in total.